The van der Waals surface area contributed by atoms with Gasteiger partial charge in [0, 0.05) is 11.3 Å². The molecule has 0 aliphatic rings. The third-order valence-corrected chi connectivity index (χ3v) is 5.10. The molecule has 7 nitrogen and oxygen atoms in total. The maximum atomic E-state index is 14.0. The molecule has 35 heavy (non-hydrogen) atoms. The van der Waals surface area contributed by atoms with Crippen molar-refractivity contribution in [2.75, 3.05) is 19.0 Å². The van der Waals surface area contributed by atoms with E-state index >= 15 is 0 Å². The van der Waals surface area contributed by atoms with Crippen molar-refractivity contribution in [3.8, 4) is 22.7 Å². The van der Waals surface area contributed by atoms with Crippen molar-refractivity contribution < 1.29 is 27.8 Å². The van der Waals surface area contributed by atoms with Gasteiger partial charge < -0.3 is 14.8 Å². The number of rotatable bonds is 7. The van der Waals surface area contributed by atoms with Crippen molar-refractivity contribution in [2.24, 2.45) is 0 Å². The molecular formula is C26H21F2N3O4. The maximum Gasteiger partial charge on any atom is 0.358 e. The lowest BCUT2D eigenvalue weighted by molar-refractivity contribution is 0.0518. The van der Waals surface area contributed by atoms with Crippen molar-refractivity contribution in [3.63, 3.8) is 0 Å². The highest BCUT2D eigenvalue weighted by molar-refractivity contribution is 6.04. The number of halogens is 2. The first-order valence-corrected chi connectivity index (χ1v) is 10.7. The smallest absolute Gasteiger partial charge is 0.358 e. The van der Waals surface area contributed by atoms with E-state index in [-0.39, 0.29) is 12.3 Å². The monoisotopic (exact) mass is 477 g/mol. The largest absolute Gasteiger partial charge is 0.494 e. The third-order valence-electron chi connectivity index (χ3n) is 5.10. The van der Waals surface area contributed by atoms with E-state index in [0.29, 0.717) is 28.4 Å². The van der Waals surface area contributed by atoms with E-state index in [9.17, 15) is 18.4 Å². The van der Waals surface area contributed by atoms with E-state index < -0.39 is 29.1 Å². The van der Waals surface area contributed by atoms with Gasteiger partial charge in [0.1, 0.15) is 23.1 Å². The van der Waals surface area contributed by atoms with Gasteiger partial charge in [0.2, 0.25) is 0 Å². The van der Waals surface area contributed by atoms with Crippen molar-refractivity contribution in [3.05, 3.63) is 95.7 Å². The fourth-order valence-corrected chi connectivity index (χ4v) is 3.51. The van der Waals surface area contributed by atoms with Crippen LogP contribution >= 0.6 is 0 Å². The summed E-state index contributed by atoms with van der Waals surface area (Å²) in [5, 5.41) is 7.00. The van der Waals surface area contributed by atoms with Gasteiger partial charge in [0.25, 0.3) is 5.91 Å². The fraction of sp³-hybridized carbons (Fsp3) is 0.115. The quantitative estimate of drug-likeness (QED) is 0.368. The van der Waals surface area contributed by atoms with Gasteiger partial charge in [-0.25, -0.2) is 18.3 Å². The summed E-state index contributed by atoms with van der Waals surface area (Å²) in [4.78, 5) is 25.0. The fourth-order valence-electron chi connectivity index (χ4n) is 3.51. The molecular weight excluding hydrogens is 456 g/mol. The molecule has 9 heteroatoms. The normalized spacial score (nSPS) is 10.6. The Morgan fingerprint density at radius 1 is 1.00 bits per heavy atom. The molecule has 1 heterocycles. The molecule has 0 aliphatic carbocycles. The van der Waals surface area contributed by atoms with E-state index in [4.69, 9.17) is 9.47 Å². The highest BCUT2D eigenvalue weighted by Crippen LogP contribution is 2.30. The van der Waals surface area contributed by atoms with E-state index in [0.717, 1.165) is 18.2 Å². The van der Waals surface area contributed by atoms with Gasteiger partial charge in [-0.1, -0.05) is 24.3 Å². The Bertz CT molecular complexity index is 1400. The minimum Gasteiger partial charge on any atom is -0.494 e. The number of amides is 1. The molecule has 0 aliphatic heterocycles. The van der Waals surface area contributed by atoms with Crippen LogP contribution in [0.3, 0.4) is 0 Å². The molecule has 3 aromatic carbocycles. The van der Waals surface area contributed by atoms with Crippen LogP contribution in [0.1, 0.15) is 27.8 Å². The van der Waals surface area contributed by atoms with Crippen molar-refractivity contribution in [2.45, 2.75) is 6.92 Å². The van der Waals surface area contributed by atoms with Gasteiger partial charge in [0.15, 0.2) is 5.69 Å². The van der Waals surface area contributed by atoms with E-state index in [1.807, 2.05) is 0 Å². The van der Waals surface area contributed by atoms with Crippen LogP contribution in [0, 0.1) is 11.6 Å². The number of esters is 1. The number of para-hydroxylation sites is 2. The van der Waals surface area contributed by atoms with Crippen LogP contribution in [0.4, 0.5) is 14.5 Å². The Hall–Kier alpha value is -4.53. The zero-order valence-corrected chi connectivity index (χ0v) is 18.9. The summed E-state index contributed by atoms with van der Waals surface area (Å²) < 4.78 is 39.6. The summed E-state index contributed by atoms with van der Waals surface area (Å²) in [5.74, 6) is -2.43. The van der Waals surface area contributed by atoms with Gasteiger partial charge >= 0.3 is 5.97 Å². The van der Waals surface area contributed by atoms with Crippen molar-refractivity contribution >= 4 is 17.6 Å². The first-order valence-electron chi connectivity index (χ1n) is 10.7. The summed E-state index contributed by atoms with van der Waals surface area (Å²) in [7, 11) is 1.52. The van der Waals surface area contributed by atoms with Gasteiger partial charge in [-0.15, -0.1) is 0 Å². The number of hydrogen-bond acceptors (Lipinski definition) is 5. The van der Waals surface area contributed by atoms with Crippen LogP contribution < -0.4 is 10.1 Å². The lowest BCUT2D eigenvalue weighted by atomic mass is 10.1. The van der Waals surface area contributed by atoms with E-state index in [1.54, 1.807) is 61.5 Å². The first kappa shape index (κ1) is 23.6. The molecule has 0 saturated carbocycles. The average molecular weight is 477 g/mol. The molecule has 0 spiro atoms. The minimum absolute atomic E-state index is 0.0871. The van der Waals surface area contributed by atoms with Crippen LogP contribution in [0.15, 0.2) is 72.8 Å². The molecule has 1 amide bonds. The second-order valence-electron chi connectivity index (χ2n) is 7.38. The minimum atomic E-state index is -0.839. The highest BCUT2D eigenvalue weighted by Gasteiger charge is 2.20. The Morgan fingerprint density at radius 2 is 1.80 bits per heavy atom. The molecule has 0 radical (unpaired) electrons. The van der Waals surface area contributed by atoms with E-state index in [2.05, 4.69) is 10.4 Å². The van der Waals surface area contributed by atoms with Gasteiger partial charge in [0.05, 0.1) is 25.0 Å². The number of carbonyl (C=O) groups excluding carboxylic acids is 2. The Kier molecular flexibility index (Phi) is 6.86. The molecule has 0 atom stereocenters. The second-order valence-corrected chi connectivity index (χ2v) is 7.38. The van der Waals surface area contributed by atoms with Crippen LogP contribution in [-0.4, -0.2) is 35.4 Å². The van der Waals surface area contributed by atoms with Gasteiger partial charge in [-0.05, 0) is 55.5 Å². The lowest BCUT2D eigenvalue weighted by Crippen LogP contribution is -2.14. The number of benzene rings is 3. The zero-order valence-electron chi connectivity index (χ0n) is 18.9. The number of nitrogens with one attached hydrogen (secondary N) is 1. The summed E-state index contributed by atoms with van der Waals surface area (Å²) >= 11 is 0. The van der Waals surface area contributed by atoms with Crippen LogP contribution in [-0.2, 0) is 4.74 Å². The predicted octanol–water partition coefficient (Wildman–Crippen LogP) is 5.26. The van der Waals surface area contributed by atoms with Crippen molar-refractivity contribution in [1.82, 2.24) is 9.78 Å². The molecule has 0 unspecified atom stereocenters. The molecule has 178 valence electrons. The number of aromatic nitrogens is 2. The topological polar surface area (TPSA) is 82.5 Å². The summed E-state index contributed by atoms with van der Waals surface area (Å²) in [6.45, 7) is 1.89. The SMILES string of the molecule is CCOC(=O)c1cc(-c2cccc(NC(=O)c3cc(F)ccc3F)c2)n(-c2ccccc2OC)n1. The second kappa shape index (κ2) is 10.2. The molecule has 1 aromatic heterocycles. The number of anilines is 1. The van der Waals surface area contributed by atoms with Crippen LogP contribution in [0.5, 0.6) is 5.75 Å². The zero-order chi connectivity index (χ0) is 24.9. The standard InChI is InChI=1S/C26H21F2N3O4/c1-3-35-26(33)21-15-23(31(30-21)22-9-4-5-10-24(22)34-2)16-7-6-8-18(13-16)29-25(32)19-14-17(27)11-12-20(19)28/h4-15H,3H2,1-2H3,(H,29,32). The molecule has 0 bridgehead atoms. The number of ether oxygens (including phenoxy) is 2. The molecule has 0 fully saturated rings. The Balaban J connectivity index is 1.75. The van der Waals surface area contributed by atoms with Gasteiger partial charge in [-0.2, -0.15) is 5.10 Å². The Morgan fingerprint density at radius 3 is 2.57 bits per heavy atom. The number of nitrogens with zero attached hydrogens (tertiary/aromatic N) is 2. The van der Waals surface area contributed by atoms with Crippen LogP contribution in [0.25, 0.3) is 16.9 Å². The lowest BCUT2D eigenvalue weighted by Gasteiger charge is -2.13. The van der Waals surface area contributed by atoms with Gasteiger partial charge in [-0.3, -0.25) is 4.79 Å². The first-order chi connectivity index (χ1) is 16.9. The van der Waals surface area contributed by atoms with Crippen LogP contribution in [0.2, 0.25) is 0 Å². The molecule has 0 saturated heterocycles. The maximum absolute atomic E-state index is 14.0. The number of methoxy groups -OCH3 is 1. The predicted molar refractivity (Wildman–Crippen MR) is 126 cm³/mol. The summed E-state index contributed by atoms with van der Waals surface area (Å²) in [5.41, 5.74) is 1.70. The number of carbonyl (C=O) groups is 2. The number of hydrogen-bond donors (Lipinski definition) is 1. The summed E-state index contributed by atoms with van der Waals surface area (Å²) in [6.07, 6.45) is 0. The third kappa shape index (κ3) is 5.03. The highest BCUT2D eigenvalue weighted by atomic mass is 19.1. The van der Waals surface area contributed by atoms with E-state index in [1.165, 1.54) is 11.8 Å². The molecule has 1 N–H and O–H groups in total. The molecule has 4 aromatic rings. The summed E-state index contributed by atoms with van der Waals surface area (Å²) in [6, 6.07) is 18.0. The van der Waals surface area contributed by atoms with Crippen molar-refractivity contribution in [1.29, 1.82) is 0 Å². The Labute approximate surface area is 199 Å². The molecule has 4 rings (SSSR count). The average Bonchev–Trinajstić information content (AvgIpc) is 3.31.